The average molecular weight is 263 g/mol. The fourth-order valence-electron chi connectivity index (χ4n) is 2.59. The maximum atomic E-state index is 11.2. The lowest BCUT2D eigenvalue weighted by atomic mass is 9.80. The summed E-state index contributed by atoms with van der Waals surface area (Å²) in [5.41, 5.74) is 8.03. The third kappa shape index (κ3) is 2.89. The number of carbonyl (C=O) groups is 1. The Labute approximate surface area is 113 Å². The van der Waals surface area contributed by atoms with E-state index >= 15 is 0 Å². The minimum absolute atomic E-state index is 0.151. The fraction of sp³-hybridized carbons (Fsp3) is 0.533. The van der Waals surface area contributed by atoms with Gasteiger partial charge in [-0.2, -0.15) is 0 Å². The van der Waals surface area contributed by atoms with Crippen molar-refractivity contribution in [3.63, 3.8) is 0 Å². The molecule has 0 heterocycles. The van der Waals surface area contributed by atoms with Crippen molar-refractivity contribution in [1.29, 1.82) is 0 Å². The van der Waals surface area contributed by atoms with Crippen LogP contribution in [0.4, 0.5) is 4.79 Å². The normalized spacial score (nSPS) is 18.8. The van der Waals surface area contributed by atoms with Gasteiger partial charge in [0.15, 0.2) is 0 Å². The first-order valence-corrected chi connectivity index (χ1v) is 6.59. The predicted octanol–water partition coefficient (Wildman–Crippen LogP) is 2.29. The van der Waals surface area contributed by atoms with E-state index in [9.17, 15) is 9.90 Å². The Morgan fingerprint density at radius 1 is 1.42 bits per heavy atom. The lowest BCUT2D eigenvalue weighted by Crippen LogP contribution is -2.25. The Bertz CT molecular complexity index is 503. The van der Waals surface area contributed by atoms with Crippen LogP contribution in [0, 0.1) is 0 Å². The van der Waals surface area contributed by atoms with E-state index in [0.29, 0.717) is 12.2 Å². The summed E-state index contributed by atoms with van der Waals surface area (Å²) < 4.78 is 5.25. The third-order valence-corrected chi connectivity index (χ3v) is 3.55. The quantitative estimate of drug-likeness (QED) is 0.816. The van der Waals surface area contributed by atoms with Crippen molar-refractivity contribution in [2.45, 2.75) is 51.6 Å². The minimum atomic E-state index is -0.807. The molecule has 4 nitrogen and oxygen atoms in total. The number of primary amides is 1. The molecule has 0 radical (unpaired) electrons. The largest absolute Gasteiger partial charge is 0.410 e. The average Bonchev–Trinajstić information content (AvgIpc) is 2.27. The highest BCUT2D eigenvalue weighted by Gasteiger charge is 2.27. The van der Waals surface area contributed by atoms with Gasteiger partial charge in [0.25, 0.3) is 0 Å². The summed E-state index contributed by atoms with van der Waals surface area (Å²) in [6, 6.07) is 4.06. The van der Waals surface area contributed by atoms with Gasteiger partial charge in [-0.1, -0.05) is 32.9 Å². The molecular formula is C15H21NO3. The van der Waals surface area contributed by atoms with Gasteiger partial charge in [0.2, 0.25) is 0 Å². The molecule has 2 rings (SSSR count). The van der Waals surface area contributed by atoms with Gasteiger partial charge in [0.1, 0.15) is 5.75 Å². The van der Waals surface area contributed by atoms with E-state index in [4.69, 9.17) is 10.5 Å². The third-order valence-electron chi connectivity index (χ3n) is 3.55. The van der Waals surface area contributed by atoms with Crippen LogP contribution in [0.5, 0.6) is 5.75 Å². The summed E-state index contributed by atoms with van der Waals surface area (Å²) in [5, 5.41) is 9.84. The molecule has 4 heteroatoms. The number of rotatable bonds is 1. The first-order valence-electron chi connectivity index (χ1n) is 6.59. The second-order valence-electron chi connectivity index (χ2n) is 6.15. The van der Waals surface area contributed by atoms with E-state index < -0.39 is 6.09 Å². The standard InChI is InChI=1S/C15H21NO3/c1-15(2,3)12-7-5-9-4-6-10(17)8-11(9)13(12)19-14(16)18/h5,7,10,17H,4,6,8H2,1-3H3,(H2,16,18). The minimum Gasteiger partial charge on any atom is -0.410 e. The van der Waals surface area contributed by atoms with Crippen LogP contribution < -0.4 is 10.5 Å². The second kappa shape index (κ2) is 4.85. The number of aryl methyl sites for hydroxylation is 1. The van der Waals surface area contributed by atoms with Crippen LogP contribution in [0.25, 0.3) is 0 Å². The number of benzene rings is 1. The molecule has 1 amide bonds. The Morgan fingerprint density at radius 2 is 2.11 bits per heavy atom. The molecule has 104 valence electrons. The van der Waals surface area contributed by atoms with E-state index in [0.717, 1.165) is 29.5 Å². The van der Waals surface area contributed by atoms with E-state index in [1.54, 1.807) is 0 Å². The van der Waals surface area contributed by atoms with Crippen molar-refractivity contribution >= 4 is 6.09 Å². The number of aliphatic hydroxyl groups excluding tert-OH is 1. The van der Waals surface area contributed by atoms with Crippen LogP contribution in [0.15, 0.2) is 12.1 Å². The van der Waals surface area contributed by atoms with Crippen LogP contribution in [0.3, 0.4) is 0 Å². The Morgan fingerprint density at radius 3 is 2.68 bits per heavy atom. The van der Waals surface area contributed by atoms with Gasteiger partial charge in [-0.15, -0.1) is 0 Å². The molecule has 19 heavy (non-hydrogen) atoms. The van der Waals surface area contributed by atoms with Crippen LogP contribution in [-0.4, -0.2) is 17.3 Å². The van der Waals surface area contributed by atoms with Gasteiger partial charge >= 0.3 is 6.09 Å². The van der Waals surface area contributed by atoms with Gasteiger partial charge < -0.3 is 15.6 Å². The molecule has 1 aromatic carbocycles. The molecule has 1 atom stereocenters. The van der Waals surface area contributed by atoms with Crippen molar-refractivity contribution in [1.82, 2.24) is 0 Å². The molecular weight excluding hydrogens is 242 g/mol. The van der Waals surface area contributed by atoms with Gasteiger partial charge in [0.05, 0.1) is 6.10 Å². The SMILES string of the molecule is CC(C)(C)c1ccc2c(c1OC(N)=O)CC(O)CC2. The van der Waals surface area contributed by atoms with Crippen LogP contribution in [0.1, 0.15) is 43.9 Å². The number of aliphatic hydroxyl groups is 1. The Hall–Kier alpha value is -1.55. The molecule has 0 saturated carbocycles. The molecule has 1 aliphatic carbocycles. The van der Waals surface area contributed by atoms with Crippen LogP contribution in [-0.2, 0) is 18.3 Å². The highest BCUT2D eigenvalue weighted by atomic mass is 16.5. The van der Waals surface area contributed by atoms with Gasteiger partial charge in [-0.3, -0.25) is 0 Å². The summed E-state index contributed by atoms with van der Waals surface area (Å²) in [4.78, 5) is 11.2. The number of amides is 1. The first kappa shape index (κ1) is 13.9. The summed E-state index contributed by atoms with van der Waals surface area (Å²) >= 11 is 0. The van der Waals surface area contributed by atoms with E-state index in [2.05, 4.69) is 26.8 Å². The maximum Gasteiger partial charge on any atom is 0.409 e. The Balaban J connectivity index is 2.57. The number of hydrogen-bond donors (Lipinski definition) is 2. The summed E-state index contributed by atoms with van der Waals surface area (Å²) in [7, 11) is 0. The maximum absolute atomic E-state index is 11.2. The molecule has 0 fully saturated rings. The van der Waals surface area contributed by atoms with Crippen LogP contribution in [0.2, 0.25) is 0 Å². The van der Waals surface area contributed by atoms with E-state index in [1.807, 2.05) is 6.07 Å². The van der Waals surface area contributed by atoms with Crippen LogP contribution >= 0.6 is 0 Å². The molecule has 0 spiro atoms. The topological polar surface area (TPSA) is 72.5 Å². The molecule has 0 aliphatic heterocycles. The number of carbonyl (C=O) groups excluding carboxylic acids is 1. The molecule has 0 aromatic heterocycles. The summed E-state index contributed by atoms with van der Waals surface area (Å²) in [5.74, 6) is 0.538. The second-order valence-corrected chi connectivity index (χ2v) is 6.15. The smallest absolute Gasteiger partial charge is 0.409 e. The van der Waals surface area contributed by atoms with Crippen molar-refractivity contribution in [2.24, 2.45) is 5.73 Å². The fourth-order valence-corrected chi connectivity index (χ4v) is 2.59. The van der Waals surface area contributed by atoms with Crippen molar-refractivity contribution in [2.75, 3.05) is 0 Å². The van der Waals surface area contributed by atoms with Gasteiger partial charge in [-0.25, -0.2) is 4.79 Å². The van der Waals surface area contributed by atoms with Crippen molar-refractivity contribution < 1.29 is 14.6 Å². The Kier molecular flexibility index (Phi) is 3.54. The number of fused-ring (bicyclic) bond motifs is 1. The lowest BCUT2D eigenvalue weighted by Gasteiger charge is -2.28. The first-order chi connectivity index (χ1) is 8.79. The summed E-state index contributed by atoms with van der Waals surface area (Å²) in [6.07, 6.45) is 0.882. The van der Waals surface area contributed by atoms with Gasteiger partial charge in [-0.05, 0) is 23.8 Å². The molecule has 0 bridgehead atoms. The number of nitrogens with two attached hydrogens (primary N) is 1. The highest BCUT2D eigenvalue weighted by molar-refractivity contribution is 5.70. The lowest BCUT2D eigenvalue weighted by molar-refractivity contribution is 0.156. The zero-order valence-corrected chi connectivity index (χ0v) is 11.7. The predicted molar refractivity (Wildman–Crippen MR) is 73.4 cm³/mol. The zero-order chi connectivity index (χ0) is 14.2. The molecule has 3 N–H and O–H groups in total. The van der Waals surface area contributed by atoms with E-state index in [1.165, 1.54) is 0 Å². The summed E-state index contributed by atoms with van der Waals surface area (Å²) in [6.45, 7) is 6.17. The van der Waals surface area contributed by atoms with E-state index in [-0.39, 0.29) is 11.5 Å². The molecule has 1 aliphatic rings. The number of hydrogen-bond acceptors (Lipinski definition) is 3. The zero-order valence-electron chi connectivity index (χ0n) is 11.7. The number of ether oxygens (including phenoxy) is 1. The molecule has 1 unspecified atom stereocenters. The molecule has 0 saturated heterocycles. The monoisotopic (exact) mass is 263 g/mol. The van der Waals surface area contributed by atoms with Gasteiger partial charge in [0, 0.05) is 17.5 Å². The van der Waals surface area contributed by atoms with Crippen molar-refractivity contribution in [3.8, 4) is 5.75 Å². The highest BCUT2D eigenvalue weighted by Crippen LogP contribution is 2.38. The van der Waals surface area contributed by atoms with Crippen molar-refractivity contribution in [3.05, 3.63) is 28.8 Å². The molecule has 1 aromatic rings.